The number of hydrogen-bond donors (Lipinski definition) is 1. The Morgan fingerprint density at radius 2 is 2.09 bits per heavy atom. The molecule has 110 valence electrons. The summed E-state index contributed by atoms with van der Waals surface area (Å²) in [6.07, 6.45) is 2.15. The number of nitrogens with one attached hydrogen (secondary N) is 1. The normalized spacial score (nSPS) is 20.7. The molecule has 3 amide bonds. The van der Waals surface area contributed by atoms with E-state index in [1.165, 1.54) is 4.90 Å². The van der Waals surface area contributed by atoms with Gasteiger partial charge in [0.05, 0.1) is 5.56 Å². The molecule has 1 aromatic heterocycles. The van der Waals surface area contributed by atoms with E-state index >= 15 is 0 Å². The van der Waals surface area contributed by atoms with Gasteiger partial charge in [0.25, 0.3) is 5.91 Å². The monoisotopic (exact) mass is 359 g/mol. The van der Waals surface area contributed by atoms with Crippen LogP contribution in [0.2, 0.25) is 0 Å². The quantitative estimate of drug-likeness (QED) is 0.786. The lowest BCUT2D eigenvalue weighted by molar-refractivity contribution is -0.134. The molecule has 22 heavy (non-hydrogen) atoms. The number of rotatable bonds is 1. The van der Waals surface area contributed by atoms with Crippen molar-refractivity contribution in [1.82, 2.24) is 10.3 Å². The number of benzene rings is 1. The van der Waals surface area contributed by atoms with Crippen LogP contribution in [0.5, 0.6) is 0 Å². The van der Waals surface area contributed by atoms with E-state index in [-0.39, 0.29) is 18.2 Å². The number of aromatic nitrogens is 1. The third-order valence-corrected chi connectivity index (χ3v) is 4.68. The van der Waals surface area contributed by atoms with Gasteiger partial charge in [0.1, 0.15) is 11.9 Å². The summed E-state index contributed by atoms with van der Waals surface area (Å²) in [6.45, 7) is 0. The van der Waals surface area contributed by atoms with E-state index in [0.29, 0.717) is 17.8 Å². The van der Waals surface area contributed by atoms with Crippen LogP contribution in [0.4, 0.5) is 5.82 Å². The van der Waals surface area contributed by atoms with E-state index in [9.17, 15) is 14.4 Å². The van der Waals surface area contributed by atoms with Crippen LogP contribution in [0.1, 0.15) is 23.2 Å². The van der Waals surface area contributed by atoms with Gasteiger partial charge in [-0.3, -0.25) is 24.6 Å². The standard InChI is InChI=1S/C15H10BrN3O3/c16-9-6-17-13-12-7(9)2-1-3-8(12)15(22)19(13)10-4-5-11(20)18-14(10)21/h1-3,6,10H,4-5H2,(H,18,20,21). The second-order valence-electron chi connectivity index (χ2n) is 5.30. The number of anilines is 1. The number of piperidine rings is 1. The SMILES string of the molecule is O=C1CCC(N2C(=O)c3cccc4c(Br)cnc2c34)C(=O)N1. The molecule has 3 heterocycles. The fourth-order valence-electron chi connectivity index (χ4n) is 3.05. The molecule has 2 aliphatic rings. The van der Waals surface area contributed by atoms with Gasteiger partial charge in [-0.1, -0.05) is 12.1 Å². The zero-order valence-electron chi connectivity index (χ0n) is 11.3. The molecule has 0 radical (unpaired) electrons. The summed E-state index contributed by atoms with van der Waals surface area (Å²) in [6, 6.07) is 4.73. The number of nitrogens with zero attached hydrogens (tertiary/aromatic N) is 2. The molecule has 0 aliphatic carbocycles. The van der Waals surface area contributed by atoms with Crippen LogP contribution in [0.15, 0.2) is 28.9 Å². The Kier molecular flexibility index (Phi) is 2.80. The van der Waals surface area contributed by atoms with Crippen molar-refractivity contribution in [2.75, 3.05) is 4.90 Å². The minimum atomic E-state index is -0.700. The van der Waals surface area contributed by atoms with E-state index in [2.05, 4.69) is 26.2 Å². The highest BCUT2D eigenvalue weighted by molar-refractivity contribution is 9.10. The van der Waals surface area contributed by atoms with Crippen molar-refractivity contribution in [3.63, 3.8) is 0 Å². The first kappa shape index (κ1) is 13.4. The predicted molar refractivity (Wildman–Crippen MR) is 82.4 cm³/mol. The first-order valence-electron chi connectivity index (χ1n) is 6.82. The van der Waals surface area contributed by atoms with Crippen molar-refractivity contribution in [3.8, 4) is 0 Å². The number of amides is 3. The number of hydrogen-bond acceptors (Lipinski definition) is 4. The number of imide groups is 1. The average molecular weight is 360 g/mol. The van der Waals surface area contributed by atoms with Crippen molar-refractivity contribution in [1.29, 1.82) is 0 Å². The van der Waals surface area contributed by atoms with E-state index < -0.39 is 11.9 Å². The number of carbonyl (C=O) groups excluding carboxylic acids is 3. The second-order valence-corrected chi connectivity index (χ2v) is 6.15. The van der Waals surface area contributed by atoms with E-state index in [0.717, 1.165) is 15.2 Å². The molecule has 2 aromatic rings. The van der Waals surface area contributed by atoms with Crippen molar-refractivity contribution in [2.45, 2.75) is 18.9 Å². The van der Waals surface area contributed by atoms with Crippen LogP contribution in [0.25, 0.3) is 10.8 Å². The molecule has 1 N–H and O–H groups in total. The van der Waals surface area contributed by atoms with Gasteiger partial charge in [0.15, 0.2) is 0 Å². The highest BCUT2D eigenvalue weighted by Gasteiger charge is 2.41. The average Bonchev–Trinajstić information content (AvgIpc) is 2.78. The maximum absolute atomic E-state index is 12.7. The van der Waals surface area contributed by atoms with Gasteiger partial charge in [-0.2, -0.15) is 0 Å². The third-order valence-electron chi connectivity index (χ3n) is 4.04. The number of pyridine rings is 1. The van der Waals surface area contributed by atoms with Crippen molar-refractivity contribution >= 4 is 50.2 Å². The summed E-state index contributed by atoms with van der Waals surface area (Å²) in [7, 11) is 0. The number of carbonyl (C=O) groups is 3. The molecule has 1 unspecified atom stereocenters. The molecular formula is C15H10BrN3O3. The number of halogens is 1. The smallest absolute Gasteiger partial charge is 0.260 e. The largest absolute Gasteiger partial charge is 0.295 e. The topological polar surface area (TPSA) is 79.4 Å². The summed E-state index contributed by atoms with van der Waals surface area (Å²) in [5.74, 6) is -0.524. The van der Waals surface area contributed by atoms with Gasteiger partial charge in [-0.15, -0.1) is 0 Å². The van der Waals surface area contributed by atoms with Crippen LogP contribution in [-0.4, -0.2) is 28.7 Å². The Labute approximate surface area is 133 Å². The molecule has 6 nitrogen and oxygen atoms in total. The molecule has 1 saturated heterocycles. The van der Waals surface area contributed by atoms with Crippen LogP contribution in [0, 0.1) is 0 Å². The lowest BCUT2D eigenvalue weighted by Gasteiger charge is -2.29. The zero-order valence-corrected chi connectivity index (χ0v) is 12.9. The molecular weight excluding hydrogens is 350 g/mol. The summed E-state index contributed by atoms with van der Waals surface area (Å²) in [5, 5.41) is 3.91. The van der Waals surface area contributed by atoms with Crippen molar-refractivity contribution < 1.29 is 14.4 Å². The Balaban J connectivity index is 1.89. The van der Waals surface area contributed by atoms with Gasteiger partial charge >= 0.3 is 0 Å². The minimum absolute atomic E-state index is 0.218. The molecule has 1 atom stereocenters. The highest BCUT2D eigenvalue weighted by Crippen LogP contribution is 2.40. The first-order chi connectivity index (χ1) is 10.6. The summed E-state index contributed by atoms with van der Waals surface area (Å²) < 4.78 is 0.797. The fourth-order valence-corrected chi connectivity index (χ4v) is 3.48. The molecule has 2 aliphatic heterocycles. The summed E-state index contributed by atoms with van der Waals surface area (Å²) in [5.41, 5.74) is 0.533. The molecule has 7 heteroatoms. The van der Waals surface area contributed by atoms with Gasteiger partial charge < -0.3 is 0 Å². The predicted octanol–water partition coefficient (Wildman–Crippen LogP) is 1.76. The van der Waals surface area contributed by atoms with Crippen LogP contribution in [-0.2, 0) is 9.59 Å². The van der Waals surface area contributed by atoms with E-state index in [4.69, 9.17) is 0 Å². The van der Waals surface area contributed by atoms with Gasteiger partial charge in [-0.25, -0.2) is 4.98 Å². The molecule has 0 bridgehead atoms. The molecule has 0 saturated carbocycles. The second kappa shape index (κ2) is 4.61. The summed E-state index contributed by atoms with van der Waals surface area (Å²) in [4.78, 5) is 41.9. The minimum Gasteiger partial charge on any atom is -0.295 e. The fraction of sp³-hybridized carbons (Fsp3) is 0.200. The van der Waals surface area contributed by atoms with Gasteiger partial charge in [0, 0.05) is 27.9 Å². The van der Waals surface area contributed by atoms with Crippen LogP contribution >= 0.6 is 15.9 Å². The zero-order chi connectivity index (χ0) is 15.4. The Morgan fingerprint density at radius 3 is 2.86 bits per heavy atom. The van der Waals surface area contributed by atoms with Crippen LogP contribution in [0.3, 0.4) is 0 Å². The Hall–Kier alpha value is -2.28. The van der Waals surface area contributed by atoms with Gasteiger partial charge in [-0.05, 0) is 28.4 Å². The molecule has 1 fully saturated rings. The van der Waals surface area contributed by atoms with Crippen LogP contribution < -0.4 is 10.2 Å². The highest BCUT2D eigenvalue weighted by atomic mass is 79.9. The summed E-state index contributed by atoms with van der Waals surface area (Å²) >= 11 is 3.43. The maximum atomic E-state index is 12.7. The van der Waals surface area contributed by atoms with Gasteiger partial charge in [0.2, 0.25) is 11.8 Å². The van der Waals surface area contributed by atoms with E-state index in [1.54, 1.807) is 18.3 Å². The Morgan fingerprint density at radius 1 is 1.27 bits per heavy atom. The van der Waals surface area contributed by atoms with E-state index in [1.807, 2.05) is 6.07 Å². The third kappa shape index (κ3) is 1.72. The molecule has 4 rings (SSSR count). The van der Waals surface area contributed by atoms with Crippen molar-refractivity contribution in [3.05, 3.63) is 34.4 Å². The first-order valence-corrected chi connectivity index (χ1v) is 7.61. The lowest BCUT2D eigenvalue weighted by Crippen LogP contribution is -2.53. The molecule has 0 spiro atoms. The maximum Gasteiger partial charge on any atom is 0.260 e. The lowest BCUT2D eigenvalue weighted by atomic mass is 10.0. The Bertz CT molecular complexity index is 864. The van der Waals surface area contributed by atoms with Crippen molar-refractivity contribution in [2.24, 2.45) is 0 Å². The molecule has 1 aromatic carbocycles.